The number of nitrogens with zero attached hydrogens (tertiary/aromatic N) is 3. The number of aryl methyl sites for hydroxylation is 1. The van der Waals surface area contributed by atoms with Crippen LogP contribution in [0.25, 0.3) is 5.69 Å². The van der Waals surface area contributed by atoms with Crippen LogP contribution in [0.5, 0.6) is 0 Å². The number of nitro benzene ring substituents is 1. The zero-order chi connectivity index (χ0) is 12.4. The Kier molecular flexibility index (Phi) is 2.88. The maximum Gasteiger partial charge on any atom is 0.271 e. The normalized spacial score (nSPS) is 10.5. The van der Waals surface area contributed by atoms with Crippen molar-refractivity contribution in [2.75, 3.05) is 0 Å². The van der Waals surface area contributed by atoms with Gasteiger partial charge in [-0.25, -0.2) is 4.68 Å². The molecule has 1 aromatic carbocycles. The third-order valence-corrected chi connectivity index (χ3v) is 2.46. The average molecular weight is 233 g/mol. The highest BCUT2D eigenvalue weighted by atomic mass is 16.6. The monoisotopic (exact) mass is 233 g/mol. The fraction of sp³-hybridized carbons (Fsp3) is 0.182. The Morgan fingerprint density at radius 1 is 1.47 bits per heavy atom. The summed E-state index contributed by atoms with van der Waals surface area (Å²) in [5.41, 5.74) is 2.06. The predicted molar refractivity (Wildman–Crippen MR) is 60.9 cm³/mol. The minimum atomic E-state index is -0.445. The van der Waals surface area contributed by atoms with Gasteiger partial charge in [0.05, 0.1) is 22.9 Å². The van der Waals surface area contributed by atoms with Gasteiger partial charge in [-0.1, -0.05) is 6.07 Å². The van der Waals surface area contributed by atoms with Crippen LogP contribution in [0, 0.1) is 17.0 Å². The zero-order valence-electron chi connectivity index (χ0n) is 9.20. The third-order valence-electron chi connectivity index (χ3n) is 2.46. The second kappa shape index (κ2) is 4.34. The number of rotatable bonds is 3. The summed E-state index contributed by atoms with van der Waals surface area (Å²) >= 11 is 0. The maximum absolute atomic E-state index is 10.7. The van der Waals surface area contributed by atoms with E-state index in [9.17, 15) is 10.1 Å². The summed E-state index contributed by atoms with van der Waals surface area (Å²) < 4.78 is 1.52. The lowest BCUT2D eigenvalue weighted by atomic mass is 10.2. The molecule has 0 aliphatic carbocycles. The van der Waals surface area contributed by atoms with Crippen LogP contribution in [-0.4, -0.2) is 19.8 Å². The number of aliphatic hydroxyl groups excluding tert-OH is 1. The molecule has 1 aromatic heterocycles. The highest BCUT2D eigenvalue weighted by Crippen LogP contribution is 2.20. The Hall–Kier alpha value is -2.21. The van der Waals surface area contributed by atoms with Gasteiger partial charge in [0.1, 0.15) is 0 Å². The lowest BCUT2D eigenvalue weighted by Crippen LogP contribution is -2.00. The van der Waals surface area contributed by atoms with E-state index in [-0.39, 0.29) is 12.3 Å². The highest BCUT2D eigenvalue weighted by Gasteiger charge is 2.10. The molecule has 0 fully saturated rings. The topological polar surface area (TPSA) is 81.2 Å². The lowest BCUT2D eigenvalue weighted by molar-refractivity contribution is -0.384. The molecule has 0 unspecified atom stereocenters. The van der Waals surface area contributed by atoms with Crippen LogP contribution in [0.1, 0.15) is 11.3 Å². The van der Waals surface area contributed by atoms with Crippen LogP contribution in [0.15, 0.2) is 30.5 Å². The highest BCUT2D eigenvalue weighted by molar-refractivity contribution is 5.48. The summed E-state index contributed by atoms with van der Waals surface area (Å²) in [7, 11) is 0. The number of hydrogen-bond acceptors (Lipinski definition) is 4. The second-order valence-corrected chi connectivity index (χ2v) is 3.64. The summed E-state index contributed by atoms with van der Waals surface area (Å²) in [6.45, 7) is 1.69. The van der Waals surface area contributed by atoms with Gasteiger partial charge in [-0.15, -0.1) is 0 Å². The standard InChI is InChI=1S/C11H11N3O3/c1-8-2-3-10(14(16)17)6-11(8)13-5-4-9(7-15)12-13/h2-6,15H,7H2,1H3. The minimum Gasteiger partial charge on any atom is -0.390 e. The molecule has 0 aliphatic rings. The molecule has 0 aliphatic heterocycles. The molecular formula is C11H11N3O3. The molecule has 0 saturated carbocycles. The molecular weight excluding hydrogens is 222 g/mol. The van der Waals surface area contributed by atoms with E-state index >= 15 is 0 Å². The second-order valence-electron chi connectivity index (χ2n) is 3.64. The van der Waals surface area contributed by atoms with Crippen molar-refractivity contribution in [2.24, 2.45) is 0 Å². The largest absolute Gasteiger partial charge is 0.390 e. The van der Waals surface area contributed by atoms with Crippen LogP contribution in [-0.2, 0) is 6.61 Å². The minimum absolute atomic E-state index is 0.0200. The fourth-order valence-electron chi connectivity index (χ4n) is 1.54. The molecule has 1 heterocycles. The molecule has 17 heavy (non-hydrogen) atoms. The van der Waals surface area contributed by atoms with Gasteiger partial charge in [-0.05, 0) is 18.6 Å². The van der Waals surface area contributed by atoms with Crippen molar-refractivity contribution in [2.45, 2.75) is 13.5 Å². The summed E-state index contributed by atoms with van der Waals surface area (Å²) in [6, 6.07) is 6.25. The molecule has 0 amide bonds. The Labute approximate surface area is 97.3 Å². The molecule has 0 radical (unpaired) electrons. The van der Waals surface area contributed by atoms with Crippen molar-refractivity contribution in [1.82, 2.24) is 9.78 Å². The van der Waals surface area contributed by atoms with Crippen molar-refractivity contribution < 1.29 is 10.0 Å². The van der Waals surface area contributed by atoms with Gasteiger partial charge in [0.2, 0.25) is 0 Å². The number of non-ortho nitro benzene ring substituents is 1. The van der Waals surface area contributed by atoms with Crippen molar-refractivity contribution in [1.29, 1.82) is 0 Å². The van der Waals surface area contributed by atoms with E-state index in [1.807, 2.05) is 6.92 Å². The van der Waals surface area contributed by atoms with E-state index in [4.69, 9.17) is 5.11 Å². The number of nitro groups is 1. The molecule has 6 heteroatoms. The van der Waals surface area contributed by atoms with Crippen LogP contribution >= 0.6 is 0 Å². The van der Waals surface area contributed by atoms with Gasteiger partial charge in [-0.3, -0.25) is 10.1 Å². The number of hydrogen-bond donors (Lipinski definition) is 1. The zero-order valence-corrected chi connectivity index (χ0v) is 9.20. The molecule has 1 N–H and O–H groups in total. The van der Waals surface area contributed by atoms with Crippen LogP contribution in [0.4, 0.5) is 5.69 Å². The van der Waals surface area contributed by atoms with Gasteiger partial charge >= 0.3 is 0 Å². The number of benzene rings is 1. The molecule has 0 bridgehead atoms. The predicted octanol–water partition coefficient (Wildman–Crippen LogP) is 1.58. The van der Waals surface area contributed by atoms with Gasteiger partial charge < -0.3 is 5.11 Å². The number of aromatic nitrogens is 2. The summed E-state index contributed by atoms with van der Waals surface area (Å²) in [5.74, 6) is 0. The Morgan fingerprint density at radius 2 is 2.24 bits per heavy atom. The third kappa shape index (κ3) is 2.16. The molecule has 88 valence electrons. The summed E-state index contributed by atoms with van der Waals surface area (Å²) in [6.07, 6.45) is 1.66. The smallest absolute Gasteiger partial charge is 0.271 e. The van der Waals surface area contributed by atoms with Gasteiger partial charge in [-0.2, -0.15) is 5.10 Å². The molecule has 0 spiro atoms. The average Bonchev–Trinajstić information content (AvgIpc) is 2.77. The summed E-state index contributed by atoms with van der Waals surface area (Å²) in [5, 5.41) is 23.7. The van der Waals surface area contributed by atoms with Crippen molar-refractivity contribution >= 4 is 5.69 Å². The van der Waals surface area contributed by atoms with Crippen molar-refractivity contribution in [3.63, 3.8) is 0 Å². The van der Waals surface area contributed by atoms with E-state index in [2.05, 4.69) is 5.10 Å². The fourth-order valence-corrected chi connectivity index (χ4v) is 1.54. The van der Waals surface area contributed by atoms with E-state index in [1.54, 1.807) is 18.3 Å². The van der Waals surface area contributed by atoms with E-state index in [0.717, 1.165) is 5.56 Å². The molecule has 0 atom stereocenters. The van der Waals surface area contributed by atoms with Crippen LogP contribution < -0.4 is 0 Å². The Morgan fingerprint density at radius 3 is 2.82 bits per heavy atom. The van der Waals surface area contributed by atoms with Gasteiger partial charge in [0.25, 0.3) is 5.69 Å². The van der Waals surface area contributed by atoms with Crippen molar-refractivity contribution in [3.8, 4) is 5.69 Å². The van der Waals surface area contributed by atoms with E-state index < -0.39 is 4.92 Å². The van der Waals surface area contributed by atoms with Crippen LogP contribution in [0.3, 0.4) is 0 Å². The van der Waals surface area contributed by atoms with E-state index in [1.165, 1.54) is 16.8 Å². The lowest BCUT2D eigenvalue weighted by Gasteiger charge is -2.05. The SMILES string of the molecule is Cc1ccc([N+](=O)[O-])cc1-n1ccc(CO)n1. The summed E-state index contributed by atoms with van der Waals surface area (Å²) in [4.78, 5) is 10.2. The Balaban J connectivity index is 2.49. The molecule has 6 nitrogen and oxygen atoms in total. The van der Waals surface area contributed by atoms with Crippen molar-refractivity contribution in [3.05, 3.63) is 51.8 Å². The van der Waals surface area contributed by atoms with Gasteiger partial charge in [0, 0.05) is 18.3 Å². The molecule has 0 saturated heterocycles. The van der Waals surface area contributed by atoms with Crippen LogP contribution in [0.2, 0.25) is 0 Å². The first-order chi connectivity index (χ1) is 8.11. The Bertz CT molecular complexity index is 563. The molecule has 2 aromatic rings. The quantitative estimate of drug-likeness (QED) is 0.644. The van der Waals surface area contributed by atoms with Gasteiger partial charge in [0.15, 0.2) is 0 Å². The first kappa shape index (κ1) is 11.3. The maximum atomic E-state index is 10.7. The van der Waals surface area contributed by atoms with E-state index in [0.29, 0.717) is 11.4 Å². The first-order valence-corrected chi connectivity index (χ1v) is 5.02. The number of aliphatic hydroxyl groups is 1. The molecule has 2 rings (SSSR count). The first-order valence-electron chi connectivity index (χ1n) is 5.02.